The number of hydrogen-bond donors (Lipinski definition) is 2. The second kappa shape index (κ2) is 8.17. The quantitative estimate of drug-likeness (QED) is 0.819. The van der Waals surface area contributed by atoms with Crippen LogP contribution < -0.4 is 11.1 Å². The van der Waals surface area contributed by atoms with E-state index in [9.17, 15) is 4.79 Å². The van der Waals surface area contributed by atoms with E-state index in [1.165, 1.54) is 16.7 Å². The van der Waals surface area contributed by atoms with Crippen LogP contribution in [0, 0.1) is 0 Å². The van der Waals surface area contributed by atoms with Crippen molar-refractivity contribution in [1.29, 1.82) is 0 Å². The van der Waals surface area contributed by atoms with Crippen molar-refractivity contribution in [2.24, 2.45) is 5.73 Å². The summed E-state index contributed by atoms with van der Waals surface area (Å²) in [5, 5.41) is 3.13. The Kier molecular flexibility index (Phi) is 5.29. The highest BCUT2D eigenvalue weighted by Crippen LogP contribution is 2.29. The van der Waals surface area contributed by atoms with Gasteiger partial charge in [0.1, 0.15) is 0 Å². The smallest absolute Gasteiger partial charge is 0.239 e. The molecule has 1 aliphatic heterocycles. The number of carbonyl (C=O) groups is 1. The highest BCUT2D eigenvalue weighted by molar-refractivity contribution is 5.78. The van der Waals surface area contributed by atoms with E-state index in [-0.39, 0.29) is 11.8 Å². The van der Waals surface area contributed by atoms with Crippen LogP contribution in [-0.2, 0) is 4.79 Å². The molecule has 4 nitrogen and oxygen atoms in total. The average molecular weight is 371 g/mol. The van der Waals surface area contributed by atoms with Crippen LogP contribution in [0.4, 0.5) is 0 Å². The summed E-state index contributed by atoms with van der Waals surface area (Å²) in [7, 11) is 0. The van der Waals surface area contributed by atoms with Gasteiger partial charge in [0, 0.05) is 30.9 Å². The summed E-state index contributed by atoms with van der Waals surface area (Å²) in [6.45, 7) is 1.62. The number of carbonyl (C=O) groups excluding carboxylic acids is 1. The van der Waals surface area contributed by atoms with Crippen molar-refractivity contribution in [3.8, 4) is 0 Å². The summed E-state index contributed by atoms with van der Waals surface area (Å²) in [5.41, 5.74) is 11.7. The maximum atomic E-state index is 12.6. The van der Waals surface area contributed by atoms with Crippen molar-refractivity contribution in [2.45, 2.75) is 12.3 Å². The number of rotatable bonds is 6. The molecule has 2 aromatic carbocycles. The van der Waals surface area contributed by atoms with E-state index >= 15 is 0 Å². The van der Waals surface area contributed by atoms with Crippen molar-refractivity contribution < 1.29 is 4.79 Å². The summed E-state index contributed by atoms with van der Waals surface area (Å²) in [4.78, 5) is 14.6. The Morgan fingerprint density at radius 3 is 2.29 bits per heavy atom. The van der Waals surface area contributed by atoms with Crippen LogP contribution in [0.25, 0.3) is 0 Å². The molecule has 142 valence electrons. The molecule has 0 unspecified atom stereocenters. The monoisotopic (exact) mass is 371 g/mol. The van der Waals surface area contributed by atoms with Gasteiger partial charge in [-0.05, 0) is 34.8 Å². The number of allylic oxidation sites excluding steroid dienone is 2. The maximum Gasteiger partial charge on any atom is 0.239 e. The van der Waals surface area contributed by atoms with Gasteiger partial charge in [0.05, 0.1) is 6.54 Å². The number of nitrogens with two attached hydrogens (primary N) is 1. The van der Waals surface area contributed by atoms with Crippen molar-refractivity contribution in [3.63, 3.8) is 0 Å². The van der Waals surface area contributed by atoms with E-state index in [0.717, 1.165) is 17.7 Å². The first kappa shape index (κ1) is 18.1. The predicted octanol–water partition coefficient (Wildman–Crippen LogP) is 3.31. The van der Waals surface area contributed by atoms with Crippen LogP contribution in [-0.4, -0.2) is 30.4 Å². The first-order valence-corrected chi connectivity index (χ1v) is 9.67. The molecular weight excluding hydrogens is 346 g/mol. The summed E-state index contributed by atoms with van der Waals surface area (Å²) >= 11 is 0. The molecule has 0 aromatic heterocycles. The molecule has 0 bridgehead atoms. The van der Waals surface area contributed by atoms with Gasteiger partial charge in [0.25, 0.3) is 0 Å². The van der Waals surface area contributed by atoms with Crippen LogP contribution in [0.2, 0.25) is 0 Å². The normalized spacial score (nSPS) is 15.6. The number of nitrogens with one attached hydrogen (secondary N) is 1. The standard InChI is InChI=1S/C24H25N3O/c25-23-13-7-12-20-15-27(16-22(20)23)17-24(28)26-14-21(18-8-3-1-4-9-18)19-10-5-2-6-11-19/h1-11,13,15,21H,12,14,16-17,25H2,(H,26,28). The van der Waals surface area contributed by atoms with Crippen molar-refractivity contribution in [1.82, 2.24) is 10.2 Å². The minimum atomic E-state index is 0.0273. The molecule has 0 fully saturated rings. The largest absolute Gasteiger partial charge is 0.398 e. The molecule has 28 heavy (non-hydrogen) atoms. The molecule has 4 rings (SSSR count). The van der Waals surface area contributed by atoms with Crippen molar-refractivity contribution >= 4 is 5.91 Å². The van der Waals surface area contributed by atoms with Crippen LogP contribution >= 0.6 is 0 Å². The zero-order valence-corrected chi connectivity index (χ0v) is 15.8. The highest BCUT2D eigenvalue weighted by atomic mass is 16.2. The van der Waals surface area contributed by atoms with Gasteiger partial charge in [0.15, 0.2) is 0 Å². The Morgan fingerprint density at radius 1 is 1.04 bits per heavy atom. The molecule has 1 heterocycles. The third kappa shape index (κ3) is 4.01. The molecule has 1 aliphatic carbocycles. The molecule has 4 heteroatoms. The van der Waals surface area contributed by atoms with Crippen LogP contribution in [0.15, 0.2) is 95.9 Å². The Bertz CT molecular complexity index is 889. The first-order valence-electron chi connectivity index (χ1n) is 9.67. The first-order chi connectivity index (χ1) is 13.7. The van der Waals surface area contributed by atoms with Gasteiger partial charge in [-0.3, -0.25) is 4.79 Å². The van der Waals surface area contributed by atoms with Gasteiger partial charge < -0.3 is 16.0 Å². The van der Waals surface area contributed by atoms with Gasteiger partial charge in [-0.15, -0.1) is 0 Å². The van der Waals surface area contributed by atoms with Crippen molar-refractivity contribution in [2.75, 3.05) is 19.6 Å². The number of hydrogen-bond acceptors (Lipinski definition) is 3. The molecule has 0 saturated carbocycles. The van der Waals surface area contributed by atoms with Crippen LogP contribution in [0.1, 0.15) is 23.5 Å². The van der Waals surface area contributed by atoms with E-state index in [1.54, 1.807) is 0 Å². The van der Waals surface area contributed by atoms with Crippen molar-refractivity contribution in [3.05, 3.63) is 107 Å². The lowest BCUT2D eigenvalue weighted by atomic mass is 9.91. The van der Waals surface area contributed by atoms with Gasteiger partial charge in [-0.2, -0.15) is 0 Å². The lowest BCUT2D eigenvalue weighted by Crippen LogP contribution is -2.36. The Morgan fingerprint density at radius 2 is 1.68 bits per heavy atom. The third-order valence-corrected chi connectivity index (χ3v) is 5.32. The van der Waals surface area contributed by atoms with Gasteiger partial charge in [-0.25, -0.2) is 0 Å². The second-order valence-corrected chi connectivity index (χ2v) is 7.28. The van der Waals surface area contributed by atoms with E-state index in [4.69, 9.17) is 5.73 Å². The molecule has 0 spiro atoms. The van der Waals surface area contributed by atoms with Gasteiger partial charge in [-0.1, -0.05) is 66.7 Å². The molecular formula is C24H25N3O. The summed E-state index contributed by atoms with van der Waals surface area (Å²) in [6.07, 6.45) is 6.98. The molecule has 2 aromatic rings. The zero-order valence-electron chi connectivity index (χ0n) is 15.8. The van der Waals surface area contributed by atoms with Crippen LogP contribution in [0.5, 0.6) is 0 Å². The average Bonchev–Trinajstić information content (AvgIpc) is 3.13. The molecule has 0 radical (unpaired) electrons. The molecule has 0 atom stereocenters. The zero-order chi connectivity index (χ0) is 19.3. The Labute approximate surface area is 166 Å². The topological polar surface area (TPSA) is 58.4 Å². The fraction of sp³-hybridized carbons (Fsp3) is 0.208. The van der Waals surface area contributed by atoms with E-state index in [1.807, 2.05) is 47.4 Å². The lowest BCUT2D eigenvalue weighted by molar-refractivity contribution is -0.121. The minimum Gasteiger partial charge on any atom is -0.398 e. The molecule has 3 N–H and O–H groups in total. The van der Waals surface area contributed by atoms with E-state index in [0.29, 0.717) is 19.6 Å². The Hall–Kier alpha value is -3.27. The number of amides is 1. The second-order valence-electron chi connectivity index (χ2n) is 7.28. The predicted molar refractivity (Wildman–Crippen MR) is 112 cm³/mol. The number of benzene rings is 2. The number of fused-ring (bicyclic) bond motifs is 1. The number of nitrogens with zero attached hydrogens (tertiary/aromatic N) is 1. The minimum absolute atomic E-state index is 0.0273. The SMILES string of the molecule is NC1=C2CN(CC(=O)NCC(c3ccccc3)c3ccccc3)C=C2CC=C1. The summed E-state index contributed by atoms with van der Waals surface area (Å²) < 4.78 is 0. The van der Waals surface area contributed by atoms with Gasteiger partial charge in [0.2, 0.25) is 5.91 Å². The summed E-state index contributed by atoms with van der Waals surface area (Å²) in [5.74, 6) is 0.160. The third-order valence-electron chi connectivity index (χ3n) is 5.32. The molecule has 0 saturated heterocycles. The van der Waals surface area contributed by atoms with E-state index < -0.39 is 0 Å². The molecule has 2 aliphatic rings. The maximum absolute atomic E-state index is 12.6. The Balaban J connectivity index is 1.40. The highest BCUT2D eigenvalue weighted by Gasteiger charge is 2.23. The molecule has 1 amide bonds. The summed E-state index contributed by atoms with van der Waals surface area (Å²) in [6, 6.07) is 20.6. The van der Waals surface area contributed by atoms with Gasteiger partial charge >= 0.3 is 0 Å². The van der Waals surface area contributed by atoms with E-state index in [2.05, 4.69) is 41.9 Å². The fourth-order valence-electron chi connectivity index (χ4n) is 3.87. The van der Waals surface area contributed by atoms with Crippen LogP contribution in [0.3, 0.4) is 0 Å². The fourth-order valence-corrected chi connectivity index (χ4v) is 3.87. The lowest BCUT2D eigenvalue weighted by Gasteiger charge is -2.20.